The summed E-state index contributed by atoms with van der Waals surface area (Å²) in [5, 5.41) is 3.69. The minimum atomic E-state index is 0.329. The Balaban J connectivity index is 2.03. The van der Waals surface area contributed by atoms with Gasteiger partial charge in [0.2, 0.25) is 0 Å². The van der Waals surface area contributed by atoms with E-state index in [1.165, 1.54) is 24.8 Å². The van der Waals surface area contributed by atoms with Gasteiger partial charge >= 0.3 is 0 Å². The standard InChI is InChI=1S/C16H25NO2/c1-11(13-6-5-7-13)17-12(2)14-8-9-15(18-3)16(10-14)19-4/h8-13,17H,5-7H2,1-4H3. The highest BCUT2D eigenvalue weighted by Crippen LogP contribution is 2.32. The Morgan fingerprint density at radius 3 is 2.32 bits per heavy atom. The molecule has 1 aromatic rings. The number of rotatable bonds is 6. The van der Waals surface area contributed by atoms with Gasteiger partial charge in [-0.2, -0.15) is 0 Å². The van der Waals surface area contributed by atoms with Gasteiger partial charge in [-0.15, -0.1) is 0 Å². The van der Waals surface area contributed by atoms with Crippen LogP contribution >= 0.6 is 0 Å². The van der Waals surface area contributed by atoms with Gasteiger partial charge in [-0.05, 0) is 50.3 Å². The van der Waals surface area contributed by atoms with Crippen molar-refractivity contribution in [2.24, 2.45) is 5.92 Å². The molecule has 3 heteroatoms. The number of ether oxygens (including phenoxy) is 2. The van der Waals surface area contributed by atoms with Gasteiger partial charge < -0.3 is 14.8 Å². The van der Waals surface area contributed by atoms with Crippen LogP contribution in [0.1, 0.15) is 44.7 Å². The summed E-state index contributed by atoms with van der Waals surface area (Å²) in [5.74, 6) is 2.43. The normalized spacial score (nSPS) is 18.5. The second-order valence-electron chi connectivity index (χ2n) is 5.48. The second kappa shape index (κ2) is 6.29. The average Bonchev–Trinajstić information content (AvgIpc) is 2.35. The Hall–Kier alpha value is -1.22. The van der Waals surface area contributed by atoms with E-state index < -0.39 is 0 Å². The number of hydrogen-bond donors (Lipinski definition) is 1. The molecular formula is C16H25NO2. The highest BCUT2D eigenvalue weighted by atomic mass is 16.5. The first-order chi connectivity index (χ1) is 9.15. The van der Waals surface area contributed by atoms with Crippen molar-refractivity contribution in [2.75, 3.05) is 14.2 Å². The first-order valence-corrected chi connectivity index (χ1v) is 7.13. The summed E-state index contributed by atoms with van der Waals surface area (Å²) in [7, 11) is 3.34. The molecule has 1 aliphatic carbocycles. The van der Waals surface area contributed by atoms with Crippen LogP contribution in [0.2, 0.25) is 0 Å². The summed E-state index contributed by atoms with van der Waals surface area (Å²) in [6.45, 7) is 4.50. The zero-order valence-corrected chi connectivity index (χ0v) is 12.4. The largest absolute Gasteiger partial charge is 0.493 e. The SMILES string of the molecule is COc1ccc(C(C)NC(C)C2CCC2)cc1OC. The van der Waals surface area contributed by atoms with E-state index in [0.717, 1.165) is 17.4 Å². The van der Waals surface area contributed by atoms with Gasteiger partial charge in [0.25, 0.3) is 0 Å². The van der Waals surface area contributed by atoms with E-state index in [2.05, 4.69) is 31.3 Å². The van der Waals surface area contributed by atoms with Crippen molar-refractivity contribution in [1.82, 2.24) is 5.32 Å². The molecule has 19 heavy (non-hydrogen) atoms. The summed E-state index contributed by atoms with van der Waals surface area (Å²) < 4.78 is 10.6. The van der Waals surface area contributed by atoms with Crippen molar-refractivity contribution in [3.05, 3.63) is 23.8 Å². The third-order valence-corrected chi connectivity index (χ3v) is 4.28. The predicted molar refractivity (Wildman–Crippen MR) is 77.9 cm³/mol. The minimum Gasteiger partial charge on any atom is -0.493 e. The summed E-state index contributed by atoms with van der Waals surface area (Å²) in [6, 6.07) is 7.05. The van der Waals surface area contributed by atoms with E-state index in [9.17, 15) is 0 Å². The minimum absolute atomic E-state index is 0.329. The highest BCUT2D eigenvalue weighted by molar-refractivity contribution is 5.43. The third kappa shape index (κ3) is 3.21. The summed E-state index contributed by atoms with van der Waals surface area (Å²) in [5.41, 5.74) is 1.24. The van der Waals surface area contributed by atoms with E-state index in [4.69, 9.17) is 9.47 Å². The van der Waals surface area contributed by atoms with Crippen molar-refractivity contribution < 1.29 is 9.47 Å². The van der Waals surface area contributed by atoms with Crippen LogP contribution in [0.5, 0.6) is 11.5 Å². The molecule has 0 spiro atoms. The molecule has 0 bridgehead atoms. The van der Waals surface area contributed by atoms with E-state index in [1.54, 1.807) is 14.2 Å². The van der Waals surface area contributed by atoms with Crippen LogP contribution in [0.4, 0.5) is 0 Å². The molecule has 1 aliphatic rings. The Morgan fingerprint density at radius 2 is 1.79 bits per heavy atom. The van der Waals surface area contributed by atoms with Crippen LogP contribution in [0.15, 0.2) is 18.2 Å². The van der Waals surface area contributed by atoms with Crippen LogP contribution in [0.25, 0.3) is 0 Å². The molecule has 2 rings (SSSR count). The van der Waals surface area contributed by atoms with Crippen LogP contribution in [0, 0.1) is 5.92 Å². The number of benzene rings is 1. The third-order valence-electron chi connectivity index (χ3n) is 4.28. The molecular weight excluding hydrogens is 238 g/mol. The molecule has 106 valence electrons. The lowest BCUT2D eigenvalue weighted by Gasteiger charge is -2.34. The molecule has 2 unspecified atom stereocenters. The molecule has 2 atom stereocenters. The zero-order valence-electron chi connectivity index (χ0n) is 12.4. The van der Waals surface area contributed by atoms with E-state index in [-0.39, 0.29) is 0 Å². The summed E-state index contributed by atoms with van der Waals surface area (Å²) in [6.07, 6.45) is 4.13. The van der Waals surface area contributed by atoms with Gasteiger partial charge in [0.15, 0.2) is 11.5 Å². The van der Waals surface area contributed by atoms with Crippen molar-refractivity contribution in [2.45, 2.75) is 45.2 Å². The van der Waals surface area contributed by atoms with Gasteiger partial charge in [-0.3, -0.25) is 0 Å². The molecule has 3 nitrogen and oxygen atoms in total. The molecule has 0 saturated heterocycles. The van der Waals surface area contributed by atoms with Crippen LogP contribution < -0.4 is 14.8 Å². The summed E-state index contributed by atoms with van der Waals surface area (Å²) in [4.78, 5) is 0. The highest BCUT2D eigenvalue weighted by Gasteiger charge is 2.25. The average molecular weight is 263 g/mol. The molecule has 0 amide bonds. The van der Waals surface area contributed by atoms with Gasteiger partial charge in [0, 0.05) is 12.1 Å². The number of hydrogen-bond acceptors (Lipinski definition) is 3. The Bertz CT molecular complexity index is 415. The number of methoxy groups -OCH3 is 2. The van der Waals surface area contributed by atoms with Crippen molar-refractivity contribution in [3.8, 4) is 11.5 Å². The van der Waals surface area contributed by atoms with E-state index in [0.29, 0.717) is 12.1 Å². The Kier molecular flexibility index (Phi) is 4.70. The lowest BCUT2D eigenvalue weighted by atomic mass is 9.80. The van der Waals surface area contributed by atoms with Crippen LogP contribution in [-0.2, 0) is 0 Å². The lowest BCUT2D eigenvalue weighted by Crippen LogP contribution is -2.38. The fraction of sp³-hybridized carbons (Fsp3) is 0.625. The fourth-order valence-electron chi connectivity index (χ4n) is 2.69. The zero-order chi connectivity index (χ0) is 13.8. The second-order valence-corrected chi connectivity index (χ2v) is 5.48. The molecule has 1 N–H and O–H groups in total. The molecule has 0 aromatic heterocycles. The van der Waals surface area contributed by atoms with Crippen molar-refractivity contribution in [1.29, 1.82) is 0 Å². The molecule has 0 aliphatic heterocycles. The Labute approximate surface area is 116 Å². The first-order valence-electron chi connectivity index (χ1n) is 7.13. The molecule has 0 heterocycles. The quantitative estimate of drug-likeness (QED) is 0.851. The van der Waals surface area contributed by atoms with Gasteiger partial charge in [0.05, 0.1) is 14.2 Å². The maximum Gasteiger partial charge on any atom is 0.161 e. The van der Waals surface area contributed by atoms with Gasteiger partial charge in [0.1, 0.15) is 0 Å². The first kappa shape index (κ1) is 14.2. The maximum atomic E-state index is 5.36. The summed E-state index contributed by atoms with van der Waals surface area (Å²) >= 11 is 0. The molecule has 1 fully saturated rings. The van der Waals surface area contributed by atoms with Gasteiger partial charge in [-0.25, -0.2) is 0 Å². The smallest absolute Gasteiger partial charge is 0.161 e. The monoisotopic (exact) mass is 263 g/mol. The topological polar surface area (TPSA) is 30.5 Å². The van der Waals surface area contributed by atoms with Crippen LogP contribution in [-0.4, -0.2) is 20.3 Å². The lowest BCUT2D eigenvalue weighted by molar-refractivity contribution is 0.229. The maximum absolute atomic E-state index is 5.36. The van der Waals surface area contributed by atoms with Crippen molar-refractivity contribution in [3.63, 3.8) is 0 Å². The molecule has 1 saturated carbocycles. The predicted octanol–water partition coefficient (Wildman–Crippen LogP) is 3.54. The number of nitrogens with one attached hydrogen (secondary N) is 1. The van der Waals surface area contributed by atoms with E-state index >= 15 is 0 Å². The van der Waals surface area contributed by atoms with Gasteiger partial charge in [-0.1, -0.05) is 12.5 Å². The van der Waals surface area contributed by atoms with E-state index in [1.807, 2.05) is 6.07 Å². The molecule has 1 aromatic carbocycles. The fourth-order valence-corrected chi connectivity index (χ4v) is 2.69. The Morgan fingerprint density at radius 1 is 1.11 bits per heavy atom. The molecule has 0 radical (unpaired) electrons. The van der Waals surface area contributed by atoms with Crippen molar-refractivity contribution >= 4 is 0 Å². The van der Waals surface area contributed by atoms with Crippen LogP contribution in [0.3, 0.4) is 0 Å².